The zero-order valence-corrected chi connectivity index (χ0v) is 15.8. The second kappa shape index (κ2) is 6.81. The molecule has 5 nitrogen and oxygen atoms in total. The number of hydrogen-bond acceptors (Lipinski definition) is 5. The molecule has 4 rings (SSSR count). The molecular formula is C19H18N2O3S2. The van der Waals surface area contributed by atoms with Gasteiger partial charge in [-0.3, -0.25) is 4.72 Å². The smallest absolute Gasteiger partial charge is 0.261 e. The molecule has 0 bridgehead atoms. The first-order valence-electron chi connectivity index (χ1n) is 8.28. The van der Waals surface area contributed by atoms with Crippen LogP contribution in [-0.4, -0.2) is 19.7 Å². The van der Waals surface area contributed by atoms with Crippen LogP contribution >= 0.6 is 11.8 Å². The minimum atomic E-state index is -3.64. The lowest BCUT2D eigenvalue weighted by Crippen LogP contribution is -2.12. The van der Waals surface area contributed by atoms with Crippen LogP contribution in [0.25, 0.3) is 11.3 Å². The lowest BCUT2D eigenvalue weighted by Gasteiger charge is -2.09. The number of benzene rings is 2. The monoisotopic (exact) mass is 386 g/mol. The molecule has 0 spiro atoms. The van der Waals surface area contributed by atoms with Crippen LogP contribution in [0.4, 0.5) is 5.69 Å². The quantitative estimate of drug-likeness (QED) is 0.620. The Bertz CT molecular complexity index is 1020. The van der Waals surface area contributed by atoms with Crippen LogP contribution in [-0.2, 0) is 10.0 Å². The Hall–Kier alpha value is -2.25. The van der Waals surface area contributed by atoms with E-state index in [9.17, 15) is 8.42 Å². The molecule has 1 aliphatic rings. The summed E-state index contributed by atoms with van der Waals surface area (Å²) in [6.45, 7) is 0. The average molecular weight is 386 g/mol. The van der Waals surface area contributed by atoms with Gasteiger partial charge in [0.15, 0.2) is 11.7 Å². The number of nitrogens with one attached hydrogen (secondary N) is 1. The minimum Gasteiger partial charge on any atom is -0.440 e. The maximum absolute atomic E-state index is 12.6. The second-order valence-corrected chi connectivity index (χ2v) is 8.76. The molecule has 0 radical (unpaired) electrons. The van der Waals surface area contributed by atoms with E-state index < -0.39 is 10.0 Å². The Morgan fingerprint density at radius 3 is 2.62 bits per heavy atom. The lowest BCUT2D eigenvalue weighted by molar-refractivity contribution is 0.509. The van der Waals surface area contributed by atoms with E-state index in [1.165, 1.54) is 0 Å². The maximum atomic E-state index is 12.6. The first kappa shape index (κ1) is 17.2. The van der Waals surface area contributed by atoms with Gasteiger partial charge in [0.2, 0.25) is 0 Å². The van der Waals surface area contributed by atoms with E-state index in [0.717, 1.165) is 29.2 Å². The van der Waals surface area contributed by atoms with Crippen molar-refractivity contribution < 1.29 is 12.8 Å². The third-order valence-electron chi connectivity index (χ3n) is 4.22. The van der Waals surface area contributed by atoms with Crippen LogP contribution in [0.2, 0.25) is 0 Å². The van der Waals surface area contributed by atoms with Crippen LogP contribution in [0.5, 0.6) is 0 Å². The fraction of sp³-hybridized carbons (Fsp3) is 0.211. The number of sulfonamides is 1. The highest BCUT2D eigenvalue weighted by molar-refractivity contribution is 7.98. The molecular weight excluding hydrogens is 368 g/mol. The van der Waals surface area contributed by atoms with Gasteiger partial charge in [-0.05, 0) is 61.6 Å². The molecule has 1 N–H and O–H groups in total. The molecule has 2 aromatic carbocycles. The van der Waals surface area contributed by atoms with Gasteiger partial charge in [0.1, 0.15) is 0 Å². The molecule has 1 heterocycles. The number of aromatic nitrogens is 1. The Kier molecular flexibility index (Phi) is 4.50. The van der Waals surface area contributed by atoms with Gasteiger partial charge in [-0.15, -0.1) is 11.8 Å². The van der Waals surface area contributed by atoms with E-state index >= 15 is 0 Å². The molecule has 1 aromatic heterocycles. The fourth-order valence-electron chi connectivity index (χ4n) is 2.64. The zero-order chi connectivity index (χ0) is 18.1. The minimum absolute atomic E-state index is 0.206. The van der Waals surface area contributed by atoms with Crippen molar-refractivity contribution in [3.05, 3.63) is 60.6 Å². The molecule has 0 atom stereocenters. The van der Waals surface area contributed by atoms with Crippen molar-refractivity contribution in [2.75, 3.05) is 11.0 Å². The van der Waals surface area contributed by atoms with Crippen molar-refractivity contribution in [3.63, 3.8) is 0 Å². The van der Waals surface area contributed by atoms with Crippen LogP contribution in [0.1, 0.15) is 24.7 Å². The predicted molar refractivity (Wildman–Crippen MR) is 103 cm³/mol. The van der Waals surface area contributed by atoms with Gasteiger partial charge >= 0.3 is 0 Å². The van der Waals surface area contributed by atoms with Crippen LogP contribution in [0, 0.1) is 0 Å². The number of oxazole rings is 1. The van der Waals surface area contributed by atoms with E-state index in [4.69, 9.17) is 4.42 Å². The summed E-state index contributed by atoms with van der Waals surface area (Å²) in [6.07, 6.45) is 5.90. The molecule has 1 aliphatic carbocycles. The highest BCUT2D eigenvalue weighted by Crippen LogP contribution is 2.40. The van der Waals surface area contributed by atoms with E-state index in [0.29, 0.717) is 17.4 Å². The molecule has 0 saturated heterocycles. The summed E-state index contributed by atoms with van der Waals surface area (Å²) in [4.78, 5) is 5.50. The summed E-state index contributed by atoms with van der Waals surface area (Å²) in [5.74, 6) is 1.88. The normalized spacial score (nSPS) is 14.3. The lowest BCUT2D eigenvalue weighted by atomic mass is 10.2. The van der Waals surface area contributed by atoms with Crippen molar-refractivity contribution in [2.24, 2.45) is 0 Å². The Balaban J connectivity index is 1.54. The fourth-order valence-corrected chi connectivity index (χ4v) is 4.15. The largest absolute Gasteiger partial charge is 0.440 e. The molecule has 134 valence electrons. The van der Waals surface area contributed by atoms with Crippen molar-refractivity contribution in [1.82, 2.24) is 4.98 Å². The van der Waals surface area contributed by atoms with E-state index in [1.54, 1.807) is 48.3 Å². The van der Waals surface area contributed by atoms with Gasteiger partial charge in [0.25, 0.3) is 10.0 Å². The Morgan fingerprint density at radius 2 is 1.92 bits per heavy atom. The van der Waals surface area contributed by atoms with Crippen LogP contribution < -0.4 is 4.72 Å². The first-order valence-corrected chi connectivity index (χ1v) is 11.0. The first-order chi connectivity index (χ1) is 12.5. The third kappa shape index (κ3) is 3.64. The topological polar surface area (TPSA) is 72.2 Å². The zero-order valence-electron chi connectivity index (χ0n) is 14.2. The van der Waals surface area contributed by atoms with Gasteiger partial charge in [-0.2, -0.15) is 0 Å². The van der Waals surface area contributed by atoms with Crippen molar-refractivity contribution in [2.45, 2.75) is 28.6 Å². The van der Waals surface area contributed by atoms with Crippen molar-refractivity contribution in [1.29, 1.82) is 0 Å². The summed E-state index contributed by atoms with van der Waals surface area (Å²) in [5, 5.41) is 0. The van der Waals surface area contributed by atoms with E-state index in [2.05, 4.69) is 9.71 Å². The number of thioether (sulfide) groups is 1. The van der Waals surface area contributed by atoms with E-state index in [-0.39, 0.29) is 4.90 Å². The molecule has 0 amide bonds. The molecule has 1 fully saturated rings. The molecule has 1 saturated carbocycles. The highest BCUT2D eigenvalue weighted by Gasteiger charge is 2.28. The van der Waals surface area contributed by atoms with E-state index in [1.807, 2.05) is 24.5 Å². The SMILES string of the molecule is CSc1cccc(NS(=O)(=O)c2ccc(-c3cnc(C4CC4)o3)cc2)c1. The van der Waals surface area contributed by atoms with Crippen LogP contribution in [0.15, 0.2) is 68.9 Å². The Labute approximate surface area is 156 Å². The standard InChI is InChI=1S/C19H18N2O3S2/c1-25-16-4-2-3-15(11-16)21-26(22,23)17-9-7-13(8-10-17)18-12-20-19(24-18)14-5-6-14/h2-4,7-12,14,21H,5-6H2,1H3. The highest BCUT2D eigenvalue weighted by atomic mass is 32.2. The van der Waals surface area contributed by atoms with Gasteiger partial charge in [0.05, 0.1) is 11.1 Å². The third-order valence-corrected chi connectivity index (χ3v) is 6.34. The van der Waals surface area contributed by atoms with Crippen molar-refractivity contribution >= 4 is 27.5 Å². The van der Waals surface area contributed by atoms with Crippen molar-refractivity contribution in [3.8, 4) is 11.3 Å². The molecule has 3 aromatic rings. The molecule has 26 heavy (non-hydrogen) atoms. The second-order valence-electron chi connectivity index (χ2n) is 6.20. The number of anilines is 1. The van der Waals surface area contributed by atoms with Gasteiger partial charge in [-0.25, -0.2) is 13.4 Å². The van der Waals surface area contributed by atoms with Gasteiger partial charge < -0.3 is 4.42 Å². The van der Waals surface area contributed by atoms with Gasteiger partial charge in [-0.1, -0.05) is 6.07 Å². The summed E-state index contributed by atoms with van der Waals surface area (Å²) < 4.78 is 33.6. The molecule has 0 aliphatic heterocycles. The number of nitrogens with zero attached hydrogens (tertiary/aromatic N) is 1. The molecule has 0 unspecified atom stereocenters. The summed E-state index contributed by atoms with van der Waals surface area (Å²) in [5.41, 5.74) is 1.36. The Morgan fingerprint density at radius 1 is 1.15 bits per heavy atom. The number of hydrogen-bond donors (Lipinski definition) is 1. The summed E-state index contributed by atoms with van der Waals surface area (Å²) in [7, 11) is -3.64. The summed E-state index contributed by atoms with van der Waals surface area (Å²) in [6, 6.07) is 13.9. The average Bonchev–Trinajstić information content (AvgIpc) is 3.38. The maximum Gasteiger partial charge on any atom is 0.261 e. The van der Waals surface area contributed by atoms with Gasteiger partial charge in [0, 0.05) is 22.1 Å². The summed E-state index contributed by atoms with van der Waals surface area (Å²) >= 11 is 1.56. The molecule has 7 heteroatoms. The number of rotatable bonds is 6. The van der Waals surface area contributed by atoms with Crippen LogP contribution in [0.3, 0.4) is 0 Å². The predicted octanol–water partition coefficient (Wildman–Crippen LogP) is 4.74.